The summed E-state index contributed by atoms with van der Waals surface area (Å²) in [5, 5.41) is 8.74. The number of hydrogen-bond acceptors (Lipinski definition) is 4. The summed E-state index contributed by atoms with van der Waals surface area (Å²) in [6, 6.07) is 9.35. The van der Waals surface area contributed by atoms with Crippen molar-refractivity contribution < 1.29 is 9.53 Å². The van der Waals surface area contributed by atoms with Gasteiger partial charge in [-0.3, -0.25) is 9.48 Å². The highest BCUT2D eigenvalue weighted by molar-refractivity contribution is 5.97. The first-order chi connectivity index (χ1) is 13.0. The lowest BCUT2D eigenvalue weighted by molar-refractivity contribution is 0.0679. The van der Waals surface area contributed by atoms with Crippen LogP contribution >= 0.6 is 0 Å². The Hall–Kier alpha value is -2.93. The van der Waals surface area contributed by atoms with Crippen molar-refractivity contribution >= 4 is 5.91 Å². The molecular formula is C20H25N5O2. The van der Waals surface area contributed by atoms with Crippen molar-refractivity contribution in [2.24, 2.45) is 7.05 Å². The van der Waals surface area contributed by atoms with E-state index in [4.69, 9.17) is 4.74 Å². The van der Waals surface area contributed by atoms with Crippen molar-refractivity contribution in [2.45, 2.75) is 20.4 Å². The molecule has 1 amide bonds. The van der Waals surface area contributed by atoms with Crippen LogP contribution in [0.5, 0.6) is 0 Å². The zero-order valence-corrected chi connectivity index (χ0v) is 16.2. The maximum Gasteiger partial charge on any atom is 0.256 e. The zero-order valence-electron chi connectivity index (χ0n) is 16.2. The standard InChI is InChI=1S/C20H25N5O2/c1-15-18(16(2)23(3)22-15)14-24(12-13-27-4)20(26)17-8-5-6-9-19(17)25-11-7-10-21-25/h5-11H,12-14H2,1-4H3. The SMILES string of the molecule is COCCN(Cc1c(C)nn(C)c1C)C(=O)c1ccccc1-n1cccn1. The van der Waals surface area contributed by atoms with Gasteiger partial charge in [0.15, 0.2) is 0 Å². The highest BCUT2D eigenvalue weighted by Crippen LogP contribution is 2.20. The molecule has 27 heavy (non-hydrogen) atoms. The average molecular weight is 367 g/mol. The topological polar surface area (TPSA) is 65.2 Å². The summed E-state index contributed by atoms with van der Waals surface area (Å²) >= 11 is 0. The van der Waals surface area contributed by atoms with Gasteiger partial charge in [0.05, 0.1) is 23.6 Å². The first-order valence-electron chi connectivity index (χ1n) is 8.89. The van der Waals surface area contributed by atoms with Gasteiger partial charge in [-0.05, 0) is 32.0 Å². The van der Waals surface area contributed by atoms with Gasteiger partial charge in [0.1, 0.15) is 0 Å². The maximum absolute atomic E-state index is 13.4. The smallest absolute Gasteiger partial charge is 0.256 e. The number of rotatable bonds is 7. The number of aryl methyl sites for hydroxylation is 2. The Morgan fingerprint density at radius 2 is 2.00 bits per heavy atom. The molecule has 3 aromatic rings. The van der Waals surface area contributed by atoms with Crippen LogP contribution in [0.25, 0.3) is 5.69 Å². The summed E-state index contributed by atoms with van der Waals surface area (Å²) in [6.07, 6.45) is 3.54. The third kappa shape index (κ3) is 3.93. The third-order valence-electron chi connectivity index (χ3n) is 4.75. The predicted molar refractivity (Wildman–Crippen MR) is 103 cm³/mol. The molecule has 7 nitrogen and oxygen atoms in total. The highest BCUT2D eigenvalue weighted by atomic mass is 16.5. The van der Waals surface area contributed by atoms with Crippen LogP contribution in [0, 0.1) is 13.8 Å². The number of para-hydroxylation sites is 1. The van der Waals surface area contributed by atoms with Gasteiger partial charge in [-0.1, -0.05) is 12.1 Å². The van der Waals surface area contributed by atoms with Gasteiger partial charge in [-0.25, -0.2) is 4.68 Å². The van der Waals surface area contributed by atoms with E-state index >= 15 is 0 Å². The highest BCUT2D eigenvalue weighted by Gasteiger charge is 2.22. The fourth-order valence-corrected chi connectivity index (χ4v) is 3.13. The maximum atomic E-state index is 13.4. The molecule has 3 rings (SSSR count). The Kier molecular flexibility index (Phi) is 5.71. The molecule has 0 N–H and O–H groups in total. The summed E-state index contributed by atoms with van der Waals surface area (Å²) in [5.41, 5.74) is 4.43. The van der Waals surface area contributed by atoms with E-state index in [1.54, 1.807) is 18.0 Å². The zero-order chi connectivity index (χ0) is 19.4. The van der Waals surface area contributed by atoms with E-state index in [1.807, 2.05) is 67.0 Å². The van der Waals surface area contributed by atoms with Crippen LogP contribution in [0.4, 0.5) is 0 Å². The van der Waals surface area contributed by atoms with Crippen LogP contribution in [0.15, 0.2) is 42.7 Å². The summed E-state index contributed by atoms with van der Waals surface area (Å²) in [7, 11) is 3.56. The number of methoxy groups -OCH3 is 1. The Morgan fingerprint density at radius 3 is 2.63 bits per heavy atom. The van der Waals surface area contributed by atoms with Crippen molar-refractivity contribution in [3.63, 3.8) is 0 Å². The first kappa shape index (κ1) is 18.8. The molecule has 2 aromatic heterocycles. The van der Waals surface area contributed by atoms with Gasteiger partial charge in [0.25, 0.3) is 5.91 Å². The molecule has 0 aliphatic heterocycles. The van der Waals surface area contributed by atoms with E-state index in [9.17, 15) is 4.79 Å². The van der Waals surface area contributed by atoms with Crippen LogP contribution in [0.2, 0.25) is 0 Å². The number of hydrogen-bond donors (Lipinski definition) is 0. The fraction of sp³-hybridized carbons (Fsp3) is 0.350. The second kappa shape index (κ2) is 8.18. The van der Waals surface area contributed by atoms with Crippen molar-refractivity contribution in [1.82, 2.24) is 24.5 Å². The normalized spacial score (nSPS) is 11.0. The largest absolute Gasteiger partial charge is 0.383 e. The number of benzene rings is 1. The van der Waals surface area contributed by atoms with Crippen LogP contribution in [-0.2, 0) is 18.3 Å². The predicted octanol–water partition coefficient (Wildman–Crippen LogP) is 2.51. The Balaban J connectivity index is 1.95. The van der Waals surface area contributed by atoms with Crippen molar-refractivity contribution in [1.29, 1.82) is 0 Å². The van der Waals surface area contributed by atoms with Crippen molar-refractivity contribution in [3.05, 3.63) is 65.2 Å². The molecule has 0 aliphatic rings. The summed E-state index contributed by atoms with van der Waals surface area (Å²) in [5.74, 6) is -0.0548. The summed E-state index contributed by atoms with van der Waals surface area (Å²) in [6.45, 7) is 5.44. The van der Waals surface area contributed by atoms with Gasteiger partial charge < -0.3 is 9.64 Å². The minimum absolute atomic E-state index is 0.0548. The molecule has 0 atom stereocenters. The second-order valence-electron chi connectivity index (χ2n) is 6.46. The van der Waals surface area contributed by atoms with Gasteiger partial charge >= 0.3 is 0 Å². The van der Waals surface area contributed by atoms with E-state index in [0.717, 1.165) is 22.6 Å². The minimum Gasteiger partial charge on any atom is -0.383 e. The number of nitrogens with zero attached hydrogens (tertiary/aromatic N) is 5. The van der Waals surface area contributed by atoms with E-state index < -0.39 is 0 Å². The van der Waals surface area contributed by atoms with E-state index in [0.29, 0.717) is 25.3 Å². The third-order valence-corrected chi connectivity index (χ3v) is 4.75. The molecule has 0 bridgehead atoms. The average Bonchev–Trinajstić information content (AvgIpc) is 3.28. The second-order valence-corrected chi connectivity index (χ2v) is 6.46. The molecule has 0 saturated heterocycles. The molecular weight excluding hydrogens is 342 g/mol. The van der Waals surface area contributed by atoms with Crippen molar-refractivity contribution in [2.75, 3.05) is 20.3 Å². The molecule has 0 unspecified atom stereocenters. The Labute approximate surface area is 159 Å². The molecule has 0 aliphatic carbocycles. The molecule has 142 valence electrons. The van der Waals surface area contributed by atoms with Crippen molar-refractivity contribution in [3.8, 4) is 5.69 Å². The number of aromatic nitrogens is 4. The van der Waals surface area contributed by atoms with Gasteiger partial charge in [0.2, 0.25) is 0 Å². The monoisotopic (exact) mass is 367 g/mol. The molecule has 0 fully saturated rings. The molecule has 2 heterocycles. The van der Waals surface area contributed by atoms with Gasteiger partial charge in [-0.15, -0.1) is 0 Å². The van der Waals surface area contributed by atoms with Crippen LogP contribution in [0.1, 0.15) is 27.3 Å². The lowest BCUT2D eigenvalue weighted by Gasteiger charge is -2.24. The van der Waals surface area contributed by atoms with Crippen LogP contribution in [-0.4, -0.2) is 50.6 Å². The molecule has 0 radical (unpaired) electrons. The van der Waals surface area contributed by atoms with E-state index in [1.165, 1.54) is 0 Å². The molecule has 0 spiro atoms. The molecule has 7 heteroatoms. The lowest BCUT2D eigenvalue weighted by atomic mass is 10.1. The quantitative estimate of drug-likeness (QED) is 0.644. The Morgan fingerprint density at radius 1 is 1.22 bits per heavy atom. The van der Waals surface area contributed by atoms with E-state index in [-0.39, 0.29) is 5.91 Å². The van der Waals surface area contributed by atoms with Crippen LogP contribution in [0.3, 0.4) is 0 Å². The van der Waals surface area contributed by atoms with Crippen LogP contribution < -0.4 is 0 Å². The van der Waals surface area contributed by atoms with Gasteiger partial charge in [0, 0.05) is 50.9 Å². The summed E-state index contributed by atoms with van der Waals surface area (Å²) in [4.78, 5) is 15.2. The fourth-order valence-electron chi connectivity index (χ4n) is 3.13. The number of carbonyl (C=O) groups is 1. The summed E-state index contributed by atoms with van der Waals surface area (Å²) < 4.78 is 8.79. The lowest BCUT2D eigenvalue weighted by Crippen LogP contribution is -2.34. The molecule has 0 saturated carbocycles. The Bertz CT molecular complexity index is 915. The number of carbonyl (C=O) groups excluding carboxylic acids is 1. The number of ether oxygens (including phenoxy) is 1. The first-order valence-corrected chi connectivity index (χ1v) is 8.89. The molecule has 1 aromatic carbocycles. The number of amides is 1. The minimum atomic E-state index is -0.0548. The van der Waals surface area contributed by atoms with E-state index in [2.05, 4.69) is 10.2 Å². The van der Waals surface area contributed by atoms with Gasteiger partial charge in [-0.2, -0.15) is 10.2 Å².